The summed E-state index contributed by atoms with van der Waals surface area (Å²) >= 11 is 0. The van der Waals surface area contributed by atoms with Crippen LogP contribution in [0.5, 0.6) is 0 Å². The average molecular weight is 172 g/mol. The molecule has 0 bridgehead atoms. The number of aliphatic hydroxyl groups excluding tert-OH is 1. The number of aliphatic hydroxyl groups is 1. The molecule has 1 heterocycles. The predicted octanol–water partition coefficient (Wildman–Crippen LogP) is 1.10. The lowest BCUT2D eigenvalue weighted by molar-refractivity contribution is -0.158. The maximum absolute atomic E-state index is 11.0. The smallest absolute Gasteiger partial charge is 0.335 e. The summed E-state index contributed by atoms with van der Waals surface area (Å²) in [7, 11) is 0. The van der Waals surface area contributed by atoms with Crippen LogP contribution >= 0.6 is 0 Å². The highest BCUT2D eigenvalue weighted by atomic mass is 16.6. The first kappa shape index (κ1) is 9.52. The Morgan fingerprint density at radius 3 is 2.25 bits per heavy atom. The number of hydrogen-bond donors (Lipinski definition) is 1. The predicted molar refractivity (Wildman–Crippen MR) is 44.6 cm³/mol. The lowest BCUT2D eigenvalue weighted by Crippen LogP contribution is -2.39. The summed E-state index contributed by atoms with van der Waals surface area (Å²) in [6.07, 6.45) is -0.538. The van der Waals surface area contributed by atoms with Crippen LogP contribution in [0.3, 0.4) is 0 Å². The van der Waals surface area contributed by atoms with Gasteiger partial charge in [-0.25, -0.2) is 4.79 Å². The normalized spacial score (nSPS) is 36.8. The van der Waals surface area contributed by atoms with Gasteiger partial charge in [-0.1, -0.05) is 20.8 Å². The van der Waals surface area contributed by atoms with Gasteiger partial charge < -0.3 is 9.84 Å². The molecule has 1 aliphatic rings. The molecule has 0 aromatic heterocycles. The van der Waals surface area contributed by atoms with E-state index in [1.165, 1.54) is 0 Å². The number of esters is 1. The van der Waals surface area contributed by atoms with Crippen LogP contribution in [-0.2, 0) is 9.53 Å². The van der Waals surface area contributed by atoms with E-state index >= 15 is 0 Å². The number of carbonyl (C=O) groups excluding carboxylic acids is 1. The minimum atomic E-state index is -0.936. The zero-order valence-corrected chi connectivity index (χ0v) is 8.05. The molecule has 0 radical (unpaired) electrons. The molecule has 0 spiro atoms. The highest BCUT2D eigenvalue weighted by molar-refractivity contribution is 5.77. The van der Waals surface area contributed by atoms with E-state index in [2.05, 4.69) is 0 Å². The van der Waals surface area contributed by atoms with E-state index in [9.17, 15) is 9.90 Å². The highest BCUT2D eigenvalue weighted by Crippen LogP contribution is 2.41. The summed E-state index contributed by atoms with van der Waals surface area (Å²) in [6.45, 7) is 7.86. The van der Waals surface area contributed by atoms with Gasteiger partial charge in [-0.2, -0.15) is 0 Å². The first-order valence-electron chi connectivity index (χ1n) is 4.17. The summed E-state index contributed by atoms with van der Waals surface area (Å²) in [5.74, 6) is -0.493. The molecule has 3 heteroatoms. The Labute approximate surface area is 72.7 Å². The lowest BCUT2D eigenvalue weighted by Gasteiger charge is -2.36. The van der Waals surface area contributed by atoms with Crippen molar-refractivity contribution in [3.63, 3.8) is 0 Å². The Hall–Kier alpha value is -0.570. The van der Waals surface area contributed by atoms with E-state index in [-0.39, 0.29) is 5.41 Å². The molecule has 2 atom stereocenters. The third-order valence-corrected chi connectivity index (χ3v) is 2.77. The average Bonchev–Trinajstić information content (AvgIpc) is 2.06. The Balaban J connectivity index is 2.84. The number of carbonyl (C=O) groups is 1. The van der Waals surface area contributed by atoms with Gasteiger partial charge in [0, 0.05) is 11.8 Å². The van der Waals surface area contributed by atoms with Gasteiger partial charge in [0.25, 0.3) is 0 Å². The van der Waals surface area contributed by atoms with Crippen molar-refractivity contribution in [2.45, 2.75) is 45.8 Å². The Bertz CT molecular complexity index is 204. The minimum Gasteiger partial charge on any atom is -0.457 e. The second-order valence-electron chi connectivity index (χ2n) is 4.62. The van der Waals surface area contributed by atoms with E-state index in [1.54, 1.807) is 0 Å². The van der Waals surface area contributed by atoms with Crippen molar-refractivity contribution in [1.29, 1.82) is 0 Å². The zero-order valence-electron chi connectivity index (χ0n) is 8.05. The molecular weight excluding hydrogens is 156 g/mol. The fourth-order valence-electron chi connectivity index (χ4n) is 1.24. The quantitative estimate of drug-likeness (QED) is 0.556. The van der Waals surface area contributed by atoms with Crippen LogP contribution in [0.2, 0.25) is 0 Å². The van der Waals surface area contributed by atoms with Crippen LogP contribution in [0.4, 0.5) is 0 Å². The molecule has 70 valence electrons. The lowest BCUT2D eigenvalue weighted by atomic mass is 9.76. The number of cyclic esters (lactones) is 1. The fraction of sp³-hybridized carbons (Fsp3) is 0.889. The molecule has 1 N–H and O–H groups in total. The second kappa shape index (κ2) is 2.46. The number of ether oxygens (including phenoxy) is 1. The van der Waals surface area contributed by atoms with Gasteiger partial charge in [0.1, 0.15) is 5.60 Å². The Morgan fingerprint density at radius 1 is 1.58 bits per heavy atom. The molecule has 1 rings (SSSR count). The fourth-order valence-corrected chi connectivity index (χ4v) is 1.24. The number of rotatable bonds is 0. The van der Waals surface area contributed by atoms with E-state index in [4.69, 9.17) is 4.74 Å². The molecule has 3 nitrogen and oxygen atoms in total. The molecule has 0 amide bonds. The van der Waals surface area contributed by atoms with Crippen molar-refractivity contribution in [3.8, 4) is 0 Å². The third kappa shape index (κ3) is 1.33. The molecule has 0 aliphatic carbocycles. The summed E-state index contributed by atoms with van der Waals surface area (Å²) in [4.78, 5) is 11.0. The van der Waals surface area contributed by atoms with Gasteiger partial charge in [0.05, 0.1) is 0 Å². The van der Waals surface area contributed by atoms with Crippen LogP contribution in [0.15, 0.2) is 0 Å². The molecular formula is C9H16O3. The standard InChI is InChI=1S/C9H16O3/c1-8(2,3)9(4)5-6(10)7(11)12-9/h6,10H,5H2,1-4H3. The maximum Gasteiger partial charge on any atom is 0.335 e. The van der Waals surface area contributed by atoms with Crippen molar-refractivity contribution in [2.75, 3.05) is 0 Å². The maximum atomic E-state index is 11.0. The van der Waals surface area contributed by atoms with Crippen molar-refractivity contribution in [3.05, 3.63) is 0 Å². The molecule has 1 fully saturated rings. The van der Waals surface area contributed by atoms with Crippen molar-refractivity contribution >= 4 is 5.97 Å². The van der Waals surface area contributed by atoms with E-state index < -0.39 is 17.7 Å². The zero-order chi connectivity index (χ0) is 9.57. The number of hydrogen-bond acceptors (Lipinski definition) is 3. The van der Waals surface area contributed by atoms with Crippen LogP contribution < -0.4 is 0 Å². The minimum absolute atomic E-state index is 0.125. The van der Waals surface area contributed by atoms with E-state index in [1.807, 2.05) is 27.7 Å². The molecule has 0 saturated carbocycles. The molecule has 0 aromatic carbocycles. The van der Waals surface area contributed by atoms with Crippen LogP contribution in [0.1, 0.15) is 34.1 Å². The molecule has 2 unspecified atom stereocenters. The van der Waals surface area contributed by atoms with Crippen molar-refractivity contribution in [2.24, 2.45) is 5.41 Å². The van der Waals surface area contributed by atoms with Gasteiger partial charge in [0.2, 0.25) is 0 Å². The van der Waals surface area contributed by atoms with Crippen molar-refractivity contribution < 1.29 is 14.6 Å². The molecule has 12 heavy (non-hydrogen) atoms. The second-order valence-corrected chi connectivity index (χ2v) is 4.62. The van der Waals surface area contributed by atoms with Gasteiger partial charge in [-0.05, 0) is 6.92 Å². The van der Waals surface area contributed by atoms with Gasteiger partial charge in [-0.3, -0.25) is 0 Å². The van der Waals surface area contributed by atoms with Crippen LogP contribution in [0.25, 0.3) is 0 Å². The van der Waals surface area contributed by atoms with E-state index in [0.29, 0.717) is 6.42 Å². The molecule has 1 aliphatic heterocycles. The SMILES string of the molecule is CC(C)(C)C1(C)CC(O)C(=O)O1. The van der Waals surface area contributed by atoms with Gasteiger partial charge >= 0.3 is 5.97 Å². The van der Waals surface area contributed by atoms with E-state index in [0.717, 1.165) is 0 Å². The van der Waals surface area contributed by atoms with Gasteiger partial charge in [0.15, 0.2) is 6.10 Å². The third-order valence-electron chi connectivity index (χ3n) is 2.77. The Morgan fingerprint density at radius 2 is 2.08 bits per heavy atom. The largest absolute Gasteiger partial charge is 0.457 e. The summed E-state index contributed by atoms with van der Waals surface area (Å²) in [5, 5.41) is 9.22. The van der Waals surface area contributed by atoms with Gasteiger partial charge in [-0.15, -0.1) is 0 Å². The monoisotopic (exact) mass is 172 g/mol. The Kier molecular flexibility index (Phi) is 1.95. The van der Waals surface area contributed by atoms with Crippen molar-refractivity contribution in [1.82, 2.24) is 0 Å². The highest BCUT2D eigenvalue weighted by Gasteiger charge is 2.49. The molecule has 0 aromatic rings. The molecule has 1 saturated heterocycles. The summed E-state index contributed by atoms with van der Waals surface area (Å²) in [5.41, 5.74) is -0.649. The van der Waals surface area contributed by atoms with Crippen LogP contribution in [0, 0.1) is 5.41 Å². The first-order chi connectivity index (χ1) is 5.26. The topological polar surface area (TPSA) is 46.5 Å². The summed E-state index contributed by atoms with van der Waals surface area (Å²) < 4.78 is 5.14. The first-order valence-corrected chi connectivity index (χ1v) is 4.17. The van der Waals surface area contributed by atoms with Crippen LogP contribution in [-0.4, -0.2) is 22.8 Å². The summed E-state index contributed by atoms with van der Waals surface area (Å²) in [6, 6.07) is 0.